The van der Waals surface area contributed by atoms with Crippen LogP contribution in [0, 0.1) is 20.8 Å². The highest BCUT2D eigenvalue weighted by Crippen LogP contribution is 2.28. The number of nitrogens with zero attached hydrogens (tertiary/aromatic N) is 3. The molecule has 4 rings (SSSR count). The quantitative estimate of drug-likeness (QED) is 0.557. The summed E-state index contributed by atoms with van der Waals surface area (Å²) >= 11 is 0. The van der Waals surface area contributed by atoms with Crippen molar-refractivity contribution < 1.29 is 9.53 Å². The fourth-order valence-electron chi connectivity index (χ4n) is 4.46. The molecule has 1 aliphatic rings. The lowest BCUT2D eigenvalue weighted by atomic mass is 10.1. The van der Waals surface area contributed by atoms with Crippen LogP contribution in [0.25, 0.3) is 5.69 Å². The van der Waals surface area contributed by atoms with Gasteiger partial charge in [0.1, 0.15) is 5.75 Å². The third-order valence-electron chi connectivity index (χ3n) is 6.19. The van der Waals surface area contributed by atoms with E-state index in [0.29, 0.717) is 6.54 Å². The summed E-state index contributed by atoms with van der Waals surface area (Å²) in [4.78, 5) is 17.7. The molecule has 0 N–H and O–H groups in total. The summed E-state index contributed by atoms with van der Waals surface area (Å²) in [6, 6.07) is 18.6. The van der Waals surface area contributed by atoms with Crippen LogP contribution in [-0.2, 0) is 0 Å². The highest BCUT2D eigenvalue weighted by Gasteiger charge is 2.23. The van der Waals surface area contributed by atoms with Gasteiger partial charge in [-0.3, -0.25) is 9.69 Å². The van der Waals surface area contributed by atoms with Gasteiger partial charge in [0.2, 0.25) is 0 Å². The molecule has 1 aromatic heterocycles. The normalized spacial score (nSPS) is 14.6. The molecule has 0 aliphatic carbocycles. The van der Waals surface area contributed by atoms with Crippen LogP contribution in [0.1, 0.15) is 27.3 Å². The SMILES string of the molecule is COc1ccccc1N1CCN(CC(=O)c2cc(C)n(-c3ccc(C)cc3)c2C)CC1. The maximum absolute atomic E-state index is 13.1. The second-order valence-electron chi connectivity index (χ2n) is 8.31. The molecule has 2 heterocycles. The zero-order chi connectivity index (χ0) is 22.0. The van der Waals surface area contributed by atoms with Crippen LogP contribution < -0.4 is 9.64 Å². The lowest BCUT2D eigenvalue weighted by Gasteiger charge is -2.36. The minimum Gasteiger partial charge on any atom is -0.495 e. The number of ether oxygens (including phenoxy) is 1. The summed E-state index contributed by atoms with van der Waals surface area (Å²) in [5.74, 6) is 1.09. The number of carbonyl (C=O) groups is 1. The number of aryl methyl sites for hydroxylation is 2. The average Bonchev–Trinajstić information content (AvgIpc) is 3.09. The monoisotopic (exact) mass is 417 g/mol. The first-order valence-electron chi connectivity index (χ1n) is 10.9. The number of para-hydroxylation sites is 2. The van der Waals surface area contributed by atoms with Gasteiger partial charge in [-0.2, -0.15) is 0 Å². The second-order valence-corrected chi connectivity index (χ2v) is 8.31. The van der Waals surface area contributed by atoms with E-state index in [2.05, 4.69) is 58.5 Å². The van der Waals surface area contributed by atoms with Crippen LogP contribution >= 0.6 is 0 Å². The van der Waals surface area contributed by atoms with Crippen LogP contribution in [0.4, 0.5) is 5.69 Å². The zero-order valence-corrected chi connectivity index (χ0v) is 18.9. The number of benzene rings is 2. The number of carbonyl (C=O) groups excluding carboxylic acids is 1. The Morgan fingerprint density at radius 2 is 1.61 bits per heavy atom. The van der Waals surface area contributed by atoms with Crippen molar-refractivity contribution in [2.45, 2.75) is 20.8 Å². The fraction of sp³-hybridized carbons (Fsp3) is 0.346. The lowest BCUT2D eigenvalue weighted by molar-refractivity contribution is 0.0925. The molecular weight excluding hydrogens is 386 g/mol. The van der Waals surface area contributed by atoms with Crippen molar-refractivity contribution in [1.82, 2.24) is 9.47 Å². The number of hydrogen-bond acceptors (Lipinski definition) is 4. The first kappa shape index (κ1) is 21.2. The third-order valence-corrected chi connectivity index (χ3v) is 6.19. The average molecular weight is 418 g/mol. The summed E-state index contributed by atoms with van der Waals surface area (Å²) < 4.78 is 7.68. The first-order valence-corrected chi connectivity index (χ1v) is 10.9. The molecule has 0 bridgehead atoms. The highest BCUT2D eigenvalue weighted by atomic mass is 16.5. The molecule has 0 unspecified atom stereocenters. The summed E-state index contributed by atoms with van der Waals surface area (Å²) in [6.07, 6.45) is 0. The van der Waals surface area contributed by atoms with Crippen molar-refractivity contribution >= 4 is 11.5 Å². The van der Waals surface area contributed by atoms with Gasteiger partial charge in [-0.05, 0) is 51.1 Å². The van der Waals surface area contributed by atoms with Gasteiger partial charge in [0.05, 0.1) is 19.3 Å². The smallest absolute Gasteiger partial charge is 0.178 e. The lowest BCUT2D eigenvalue weighted by Crippen LogP contribution is -2.48. The molecule has 0 radical (unpaired) electrons. The number of ketones is 1. The maximum Gasteiger partial charge on any atom is 0.178 e. The van der Waals surface area contributed by atoms with Gasteiger partial charge < -0.3 is 14.2 Å². The number of rotatable bonds is 6. The summed E-state index contributed by atoms with van der Waals surface area (Å²) in [6.45, 7) is 10.1. The number of aromatic nitrogens is 1. The number of hydrogen-bond donors (Lipinski definition) is 0. The summed E-state index contributed by atoms with van der Waals surface area (Å²) in [7, 11) is 1.71. The van der Waals surface area contributed by atoms with Crippen LogP contribution in [-0.4, -0.2) is 55.1 Å². The second kappa shape index (κ2) is 8.98. The van der Waals surface area contributed by atoms with E-state index in [4.69, 9.17) is 4.74 Å². The highest BCUT2D eigenvalue weighted by molar-refractivity contribution is 5.99. The Bertz CT molecular complexity index is 1060. The molecule has 1 aliphatic heterocycles. The maximum atomic E-state index is 13.1. The number of methoxy groups -OCH3 is 1. The van der Waals surface area contributed by atoms with Crippen LogP contribution in [0.3, 0.4) is 0 Å². The minimum absolute atomic E-state index is 0.192. The number of Topliss-reactive ketones (excluding diaryl/α,β-unsaturated/α-hetero) is 1. The molecule has 0 atom stereocenters. The van der Waals surface area contributed by atoms with E-state index in [1.165, 1.54) is 5.56 Å². The van der Waals surface area contributed by atoms with E-state index >= 15 is 0 Å². The van der Waals surface area contributed by atoms with Crippen LogP contribution in [0.5, 0.6) is 5.75 Å². The molecule has 1 fully saturated rings. The van der Waals surface area contributed by atoms with Crippen LogP contribution in [0.15, 0.2) is 54.6 Å². The van der Waals surface area contributed by atoms with E-state index in [9.17, 15) is 4.79 Å². The van der Waals surface area contributed by atoms with Crippen LogP contribution in [0.2, 0.25) is 0 Å². The van der Waals surface area contributed by atoms with E-state index < -0.39 is 0 Å². The van der Waals surface area contributed by atoms with E-state index in [1.807, 2.05) is 31.2 Å². The molecule has 3 aromatic rings. The van der Waals surface area contributed by atoms with Crippen molar-refractivity contribution in [3.8, 4) is 11.4 Å². The van der Waals surface area contributed by atoms with Gasteiger partial charge in [0.15, 0.2) is 5.78 Å². The van der Waals surface area contributed by atoms with Gasteiger partial charge in [-0.25, -0.2) is 0 Å². The zero-order valence-electron chi connectivity index (χ0n) is 18.9. The van der Waals surface area contributed by atoms with E-state index in [-0.39, 0.29) is 5.78 Å². The Balaban J connectivity index is 1.43. The Kier molecular flexibility index (Phi) is 6.14. The van der Waals surface area contributed by atoms with Gasteiger partial charge in [0, 0.05) is 48.8 Å². The summed E-state index contributed by atoms with van der Waals surface area (Å²) in [5, 5.41) is 0. The topological polar surface area (TPSA) is 37.7 Å². The molecule has 162 valence electrons. The summed E-state index contributed by atoms with van der Waals surface area (Å²) in [5.41, 5.74) is 6.38. The Labute approximate surface area is 184 Å². The van der Waals surface area contributed by atoms with E-state index in [1.54, 1.807) is 7.11 Å². The minimum atomic E-state index is 0.192. The number of anilines is 1. The number of piperazine rings is 1. The van der Waals surface area contributed by atoms with Crippen molar-refractivity contribution in [2.75, 3.05) is 44.7 Å². The molecule has 31 heavy (non-hydrogen) atoms. The first-order chi connectivity index (χ1) is 15.0. The molecule has 2 aromatic carbocycles. The molecular formula is C26H31N3O2. The van der Waals surface area contributed by atoms with Crippen molar-refractivity contribution in [2.24, 2.45) is 0 Å². The molecule has 1 saturated heterocycles. The molecule has 5 heteroatoms. The predicted molar refractivity (Wildman–Crippen MR) is 126 cm³/mol. The molecule has 5 nitrogen and oxygen atoms in total. The largest absolute Gasteiger partial charge is 0.495 e. The van der Waals surface area contributed by atoms with Crippen molar-refractivity contribution in [1.29, 1.82) is 0 Å². The van der Waals surface area contributed by atoms with Gasteiger partial charge in [-0.1, -0.05) is 29.8 Å². The third kappa shape index (κ3) is 4.37. The Hall–Kier alpha value is -3.05. The predicted octanol–water partition coefficient (Wildman–Crippen LogP) is 4.42. The standard InChI is InChI=1S/C26H31N3O2/c1-19-9-11-22(12-10-19)29-20(2)17-23(21(29)3)25(30)18-27-13-15-28(16-14-27)24-7-5-6-8-26(24)31-4/h5-12,17H,13-16,18H2,1-4H3. The molecule has 0 spiro atoms. The van der Waals surface area contributed by atoms with Crippen molar-refractivity contribution in [3.05, 3.63) is 77.1 Å². The molecule has 0 saturated carbocycles. The van der Waals surface area contributed by atoms with E-state index in [0.717, 1.165) is 60.3 Å². The van der Waals surface area contributed by atoms with Crippen molar-refractivity contribution in [3.63, 3.8) is 0 Å². The van der Waals surface area contributed by atoms with Gasteiger partial charge in [-0.15, -0.1) is 0 Å². The Morgan fingerprint density at radius 1 is 0.935 bits per heavy atom. The molecule has 0 amide bonds. The van der Waals surface area contributed by atoms with Gasteiger partial charge in [0.25, 0.3) is 0 Å². The van der Waals surface area contributed by atoms with Gasteiger partial charge >= 0.3 is 0 Å². The fourth-order valence-corrected chi connectivity index (χ4v) is 4.46. The Morgan fingerprint density at radius 3 is 2.29 bits per heavy atom.